The summed E-state index contributed by atoms with van der Waals surface area (Å²) >= 11 is 4.13. The minimum Gasteiger partial charge on any atom is -0.481 e. The Morgan fingerprint density at radius 3 is 2.65 bits per heavy atom. The van der Waals surface area contributed by atoms with Gasteiger partial charge in [-0.25, -0.2) is 4.79 Å². The molecule has 2 saturated heterocycles. The minimum absolute atomic E-state index is 0.196. The fourth-order valence-corrected chi connectivity index (χ4v) is 5.05. The van der Waals surface area contributed by atoms with Gasteiger partial charge in [0.2, 0.25) is 5.91 Å². The lowest BCUT2D eigenvalue weighted by molar-refractivity contribution is -0.143. The fourth-order valence-electron chi connectivity index (χ4n) is 3.70. The number of esters is 1. The average molecular weight is 590 g/mol. The number of imide groups is 1. The van der Waals surface area contributed by atoms with E-state index >= 15 is 0 Å². The van der Waals surface area contributed by atoms with Crippen LogP contribution in [0.25, 0.3) is 6.08 Å². The van der Waals surface area contributed by atoms with E-state index in [2.05, 4.69) is 30.9 Å². The predicted molar refractivity (Wildman–Crippen MR) is 142 cm³/mol. The maximum absolute atomic E-state index is 12.9. The number of hydrogen-bond acceptors (Lipinski definition) is 9. The lowest BCUT2D eigenvalue weighted by Crippen LogP contribution is -2.38. The molecule has 1 N–H and O–H groups in total. The molecule has 0 saturated carbocycles. The molecule has 2 aromatic carbocycles. The Morgan fingerprint density at radius 2 is 1.92 bits per heavy atom. The largest absolute Gasteiger partial charge is 0.481 e. The minimum atomic E-state index is -0.547. The van der Waals surface area contributed by atoms with Crippen LogP contribution < -0.4 is 15.0 Å². The first-order chi connectivity index (χ1) is 17.9. The third-order valence-electron chi connectivity index (χ3n) is 5.53. The number of morpholine rings is 1. The molecule has 12 heteroatoms. The van der Waals surface area contributed by atoms with Crippen LogP contribution in [-0.2, 0) is 23.9 Å². The van der Waals surface area contributed by atoms with Crippen LogP contribution in [0.5, 0.6) is 5.75 Å². The molecule has 0 bridgehead atoms. The van der Waals surface area contributed by atoms with Gasteiger partial charge in [-0.15, -0.1) is 0 Å². The van der Waals surface area contributed by atoms with Crippen LogP contribution in [0.15, 0.2) is 51.8 Å². The van der Waals surface area contributed by atoms with Crippen molar-refractivity contribution in [3.05, 3.63) is 57.4 Å². The standard InChI is InChI=1S/C25H24BrN3O7S/c1-34-23(31)15-36-20-7-6-16(12-17(20)26)13-21-24(32)29(25(33)37-21)14-22(30)27-18-4-2-3-5-19(18)28-8-10-35-11-9-28/h2-7,12-13H,8-11,14-15H2,1H3,(H,27,30)/b21-13+. The van der Waals surface area contributed by atoms with Crippen molar-refractivity contribution in [1.82, 2.24) is 4.90 Å². The van der Waals surface area contributed by atoms with Crippen molar-refractivity contribution < 1.29 is 33.4 Å². The van der Waals surface area contributed by atoms with E-state index in [4.69, 9.17) is 9.47 Å². The molecular weight excluding hydrogens is 566 g/mol. The summed E-state index contributed by atoms with van der Waals surface area (Å²) in [5.41, 5.74) is 2.10. The molecule has 2 aliphatic rings. The van der Waals surface area contributed by atoms with Gasteiger partial charge in [-0.3, -0.25) is 19.3 Å². The fraction of sp³-hybridized carbons (Fsp3) is 0.280. The van der Waals surface area contributed by atoms with E-state index in [-0.39, 0.29) is 11.5 Å². The number of carbonyl (C=O) groups excluding carboxylic acids is 4. The van der Waals surface area contributed by atoms with Gasteiger partial charge in [-0.2, -0.15) is 0 Å². The van der Waals surface area contributed by atoms with E-state index in [0.29, 0.717) is 47.8 Å². The highest BCUT2D eigenvalue weighted by Gasteiger charge is 2.36. The molecule has 2 aromatic rings. The van der Waals surface area contributed by atoms with Crippen LogP contribution in [0.2, 0.25) is 0 Å². The zero-order valence-corrected chi connectivity index (χ0v) is 22.3. The van der Waals surface area contributed by atoms with Gasteiger partial charge in [0.25, 0.3) is 11.1 Å². The maximum Gasteiger partial charge on any atom is 0.343 e. The molecule has 0 spiro atoms. The van der Waals surface area contributed by atoms with Gasteiger partial charge in [0.1, 0.15) is 12.3 Å². The summed E-state index contributed by atoms with van der Waals surface area (Å²) in [6.07, 6.45) is 1.56. The number of benzene rings is 2. The Hall–Kier alpha value is -3.35. The number of thioether (sulfide) groups is 1. The molecule has 0 unspecified atom stereocenters. The van der Waals surface area contributed by atoms with Crippen LogP contribution in [0, 0.1) is 0 Å². The second kappa shape index (κ2) is 12.3. The summed E-state index contributed by atoms with van der Waals surface area (Å²) in [6.45, 7) is 1.97. The van der Waals surface area contributed by atoms with Gasteiger partial charge in [-0.1, -0.05) is 18.2 Å². The summed E-state index contributed by atoms with van der Waals surface area (Å²) in [5, 5.41) is 2.31. The van der Waals surface area contributed by atoms with Crippen LogP contribution in [-0.4, -0.2) is 74.5 Å². The monoisotopic (exact) mass is 589 g/mol. The lowest BCUT2D eigenvalue weighted by atomic mass is 10.2. The van der Waals surface area contributed by atoms with Gasteiger partial charge in [0.15, 0.2) is 6.61 Å². The highest BCUT2D eigenvalue weighted by atomic mass is 79.9. The summed E-state index contributed by atoms with van der Waals surface area (Å²) in [5.74, 6) is -1.11. The van der Waals surface area contributed by atoms with Gasteiger partial charge < -0.3 is 24.4 Å². The van der Waals surface area contributed by atoms with Crippen molar-refractivity contribution in [2.75, 3.05) is 56.8 Å². The number of ether oxygens (including phenoxy) is 3. The molecule has 37 heavy (non-hydrogen) atoms. The van der Waals surface area contributed by atoms with Gasteiger partial charge >= 0.3 is 5.97 Å². The zero-order chi connectivity index (χ0) is 26.4. The van der Waals surface area contributed by atoms with Crippen molar-refractivity contribution >= 4 is 68.2 Å². The topological polar surface area (TPSA) is 114 Å². The van der Waals surface area contributed by atoms with Crippen LogP contribution in [0.1, 0.15) is 5.56 Å². The number of halogens is 1. The molecular formula is C25H24BrN3O7S. The number of hydrogen-bond donors (Lipinski definition) is 1. The van der Waals surface area contributed by atoms with Crippen molar-refractivity contribution in [2.24, 2.45) is 0 Å². The summed E-state index contributed by atoms with van der Waals surface area (Å²) in [6, 6.07) is 12.4. The summed E-state index contributed by atoms with van der Waals surface area (Å²) < 4.78 is 15.9. The first kappa shape index (κ1) is 26.7. The van der Waals surface area contributed by atoms with Gasteiger partial charge in [-0.05, 0) is 63.6 Å². The number of nitrogens with zero attached hydrogens (tertiary/aromatic N) is 2. The Morgan fingerprint density at radius 1 is 1.16 bits per heavy atom. The average Bonchev–Trinajstić information content (AvgIpc) is 3.16. The highest BCUT2D eigenvalue weighted by molar-refractivity contribution is 9.10. The number of amides is 3. The van der Waals surface area contributed by atoms with E-state index in [1.807, 2.05) is 18.2 Å². The van der Waals surface area contributed by atoms with E-state index < -0.39 is 29.6 Å². The number of methoxy groups -OCH3 is 1. The highest BCUT2D eigenvalue weighted by Crippen LogP contribution is 2.34. The van der Waals surface area contributed by atoms with Gasteiger partial charge in [0, 0.05) is 13.1 Å². The van der Waals surface area contributed by atoms with Crippen molar-refractivity contribution in [2.45, 2.75) is 0 Å². The summed E-state index contributed by atoms with van der Waals surface area (Å²) in [7, 11) is 1.27. The van der Waals surface area contributed by atoms with E-state index in [1.54, 1.807) is 30.3 Å². The summed E-state index contributed by atoms with van der Waals surface area (Å²) in [4.78, 5) is 52.8. The smallest absolute Gasteiger partial charge is 0.343 e. The van der Waals surface area contributed by atoms with Crippen LogP contribution >= 0.6 is 27.7 Å². The predicted octanol–water partition coefficient (Wildman–Crippen LogP) is 3.51. The number of nitrogens with one attached hydrogen (secondary N) is 1. The molecule has 2 fully saturated rings. The van der Waals surface area contributed by atoms with Gasteiger partial charge in [0.05, 0.1) is 41.1 Å². The lowest BCUT2D eigenvalue weighted by Gasteiger charge is -2.30. The molecule has 194 valence electrons. The Kier molecular flexibility index (Phi) is 8.85. The second-order valence-corrected chi connectivity index (χ2v) is 9.83. The molecule has 0 aliphatic carbocycles. The first-order valence-corrected chi connectivity index (χ1v) is 12.9. The van der Waals surface area contributed by atoms with E-state index in [0.717, 1.165) is 22.3 Å². The Balaban J connectivity index is 1.40. The maximum atomic E-state index is 12.9. The quantitative estimate of drug-likeness (QED) is 0.365. The third kappa shape index (κ3) is 6.70. The molecule has 3 amide bonds. The van der Waals surface area contributed by atoms with E-state index in [9.17, 15) is 19.2 Å². The Bertz CT molecular complexity index is 1250. The molecule has 0 radical (unpaired) electrons. The molecule has 4 rings (SSSR count). The SMILES string of the molecule is COC(=O)COc1ccc(/C=C2/SC(=O)N(CC(=O)Nc3ccccc3N3CCOCC3)C2=O)cc1Br. The molecule has 2 aliphatic heterocycles. The number of anilines is 2. The third-order valence-corrected chi connectivity index (χ3v) is 7.06. The first-order valence-electron chi connectivity index (χ1n) is 11.3. The molecule has 2 heterocycles. The van der Waals surface area contributed by atoms with E-state index in [1.165, 1.54) is 7.11 Å². The van der Waals surface area contributed by atoms with Crippen molar-refractivity contribution in [1.29, 1.82) is 0 Å². The Labute approximate surface area is 226 Å². The number of carbonyl (C=O) groups is 4. The number of para-hydroxylation sites is 2. The normalized spacial score (nSPS) is 16.8. The number of rotatable bonds is 8. The van der Waals surface area contributed by atoms with Crippen molar-refractivity contribution in [3.8, 4) is 5.75 Å². The van der Waals surface area contributed by atoms with Crippen LogP contribution in [0.4, 0.5) is 16.2 Å². The molecule has 10 nitrogen and oxygen atoms in total. The molecule has 0 atom stereocenters. The second-order valence-electron chi connectivity index (χ2n) is 7.99. The van der Waals surface area contributed by atoms with Crippen LogP contribution in [0.3, 0.4) is 0 Å². The van der Waals surface area contributed by atoms with Crippen molar-refractivity contribution in [3.63, 3.8) is 0 Å². The molecule has 0 aromatic heterocycles. The zero-order valence-electron chi connectivity index (χ0n) is 19.9.